The summed E-state index contributed by atoms with van der Waals surface area (Å²) in [6.45, 7) is 1.98. The Hall–Kier alpha value is -1.78. The number of hydrogen-bond donors (Lipinski definition) is 1. The summed E-state index contributed by atoms with van der Waals surface area (Å²) in [6, 6.07) is 9.84. The maximum Gasteiger partial charge on any atom is 0.161 e. The van der Waals surface area contributed by atoms with Crippen LogP contribution in [-0.4, -0.2) is 7.11 Å². The summed E-state index contributed by atoms with van der Waals surface area (Å²) in [5, 5.41) is 0.357. The highest BCUT2D eigenvalue weighted by atomic mass is 35.5. The molecule has 0 aliphatic rings. The molecule has 0 spiro atoms. The first-order chi connectivity index (χ1) is 10.0. The Kier molecular flexibility index (Phi) is 5.04. The van der Waals surface area contributed by atoms with Gasteiger partial charge in [-0.3, -0.25) is 0 Å². The molecule has 112 valence electrons. The molecule has 3 nitrogen and oxygen atoms in total. The van der Waals surface area contributed by atoms with E-state index in [0.29, 0.717) is 22.1 Å². The van der Waals surface area contributed by atoms with Gasteiger partial charge in [-0.15, -0.1) is 0 Å². The second-order valence-corrected chi connectivity index (χ2v) is 5.16. The third kappa shape index (κ3) is 3.86. The van der Waals surface area contributed by atoms with E-state index < -0.39 is 5.82 Å². The van der Waals surface area contributed by atoms with Crippen molar-refractivity contribution in [3.05, 3.63) is 58.4 Å². The number of nitrogens with two attached hydrogens (primary N) is 1. The molecule has 0 fully saturated rings. The van der Waals surface area contributed by atoms with Crippen LogP contribution in [0.2, 0.25) is 5.02 Å². The maximum atomic E-state index is 13.7. The van der Waals surface area contributed by atoms with E-state index in [9.17, 15) is 4.39 Å². The van der Waals surface area contributed by atoms with Gasteiger partial charge >= 0.3 is 0 Å². The third-order valence-electron chi connectivity index (χ3n) is 3.11. The zero-order valence-corrected chi connectivity index (χ0v) is 12.7. The van der Waals surface area contributed by atoms with Crippen molar-refractivity contribution < 1.29 is 13.9 Å². The number of methoxy groups -OCH3 is 1. The quantitative estimate of drug-likeness (QED) is 0.905. The van der Waals surface area contributed by atoms with Crippen LogP contribution in [0.5, 0.6) is 11.5 Å². The summed E-state index contributed by atoms with van der Waals surface area (Å²) in [4.78, 5) is 0. The largest absolute Gasteiger partial charge is 0.493 e. The average Bonchev–Trinajstić information content (AvgIpc) is 2.46. The van der Waals surface area contributed by atoms with Gasteiger partial charge in [0.15, 0.2) is 11.5 Å². The minimum atomic E-state index is -0.395. The van der Waals surface area contributed by atoms with Gasteiger partial charge < -0.3 is 15.2 Å². The molecule has 0 unspecified atom stereocenters. The Morgan fingerprint density at radius 2 is 1.95 bits per heavy atom. The zero-order valence-electron chi connectivity index (χ0n) is 11.9. The lowest BCUT2D eigenvalue weighted by molar-refractivity contribution is 0.279. The highest BCUT2D eigenvalue weighted by Crippen LogP contribution is 2.30. The van der Waals surface area contributed by atoms with Gasteiger partial charge in [0.2, 0.25) is 0 Å². The van der Waals surface area contributed by atoms with Gasteiger partial charge in [0.25, 0.3) is 0 Å². The number of hydrogen-bond acceptors (Lipinski definition) is 3. The fourth-order valence-electron chi connectivity index (χ4n) is 1.88. The Balaban J connectivity index is 2.16. The summed E-state index contributed by atoms with van der Waals surface area (Å²) in [7, 11) is 1.55. The fraction of sp³-hybridized carbons (Fsp3) is 0.250. The van der Waals surface area contributed by atoms with Crippen LogP contribution in [0.15, 0.2) is 36.4 Å². The topological polar surface area (TPSA) is 44.5 Å². The van der Waals surface area contributed by atoms with Crippen molar-refractivity contribution in [2.45, 2.75) is 19.6 Å². The molecular weight excluding hydrogens is 293 g/mol. The first-order valence-corrected chi connectivity index (χ1v) is 6.89. The highest BCUT2D eigenvalue weighted by molar-refractivity contribution is 6.30. The van der Waals surface area contributed by atoms with Gasteiger partial charge in [0, 0.05) is 16.6 Å². The normalized spacial score (nSPS) is 12.0. The summed E-state index contributed by atoms with van der Waals surface area (Å²) in [5.41, 5.74) is 7.20. The lowest BCUT2D eigenvalue weighted by atomic mass is 10.1. The molecule has 2 N–H and O–H groups in total. The van der Waals surface area contributed by atoms with E-state index in [1.165, 1.54) is 6.07 Å². The van der Waals surface area contributed by atoms with Crippen LogP contribution in [0.1, 0.15) is 24.1 Å². The Bertz CT molecular complexity index is 632. The number of ether oxygens (including phenoxy) is 2. The van der Waals surface area contributed by atoms with Gasteiger partial charge in [-0.25, -0.2) is 4.39 Å². The minimum absolute atomic E-state index is 0.0941. The number of halogens is 2. The Morgan fingerprint density at radius 1 is 1.19 bits per heavy atom. The molecule has 0 heterocycles. The summed E-state index contributed by atoms with van der Waals surface area (Å²) in [6.07, 6.45) is 0. The standard InChI is InChI=1S/C16H17ClFNO2/c1-10(19)11-4-6-15(16(7-11)20-2)21-9-12-3-5-13(17)8-14(12)18/h3-8,10H,9,19H2,1-2H3/t10-/m0/s1. The second kappa shape index (κ2) is 6.78. The number of benzene rings is 2. The first kappa shape index (κ1) is 15.6. The fourth-order valence-corrected chi connectivity index (χ4v) is 2.04. The highest BCUT2D eigenvalue weighted by Gasteiger charge is 2.10. The smallest absolute Gasteiger partial charge is 0.161 e. The van der Waals surface area contributed by atoms with Crippen molar-refractivity contribution in [1.29, 1.82) is 0 Å². The number of rotatable bonds is 5. The molecule has 0 aliphatic carbocycles. The van der Waals surface area contributed by atoms with Crippen molar-refractivity contribution in [2.24, 2.45) is 5.73 Å². The van der Waals surface area contributed by atoms with E-state index in [1.54, 1.807) is 25.3 Å². The van der Waals surface area contributed by atoms with Gasteiger partial charge in [0.1, 0.15) is 12.4 Å². The molecule has 2 aromatic carbocycles. The molecule has 0 amide bonds. The van der Waals surface area contributed by atoms with Crippen molar-refractivity contribution in [3.63, 3.8) is 0 Å². The second-order valence-electron chi connectivity index (χ2n) is 4.72. The Morgan fingerprint density at radius 3 is 2.57 bits per heavy atom. The monoisotopic (exact) mass is 309 g/mol. The molecule has 0 saturated heterocycles. The molecule has 0 saturated carbocycles. The predicted molar refractivity (Wildman–Crippen MR) is 81.3 cm³/mol. The van der Waals surface area contributed by atoms with Crippen molar-refractivity contribution in [1.82, 2.24) is 0 Å². The molecule has 1 atom stereocenters. The van der Waals surface area contributed by atoms with E-state index in [1.807, 2.05) is 19.1 Å². The Labute approximate surface area is 128 Å². The molecule has 2 rings (SSSR count). The van der Waals surface area contributed by atoms with E-state index in [0.717, 1.165) is 5.56 Å². The van der Waals surface area contributed by atoms with Crippen LogP contribution in [-0.2, 0) is 6.61 Å². The van der Waals surface area contributed by atoms with Crippen LogP contribution in [0.3, 0.4) is 0 Å². The average molecular weight is 310 g/mol. The lowest BCUT2D eigenvalue weighted by Crippen LogP contribution is -2.06. The molecule has 0 radical (unpaired) electrons. The molecule has 21 heavy (non-hydrogen) atoms. The molecule has 0 aromatic heterocycles. The molecule has 0 bridgehead atoms. The lowest BCUT2D eigenvalue weighted by Gasteiger charge is -2.14. The van der Waals surface area contributed by atoms with Crippen molar-refractivity contribution in [3.8, 4) is 11.5 Å². The van der Waals surface area contributed by atoms with Crippen molar-refractivity contribution in [2.75, 3.05) is 7.11 Å². The zero-order chi connectivity index (χ0) is 15.4. The SMILES string of the molecule is COc1cc([C@H](C)N)ccc1OCc1ccc(Cl)cc1F. The van der Waals surface area contributed by atoms with E-state index in [-0.39, 0.29) is 12.6 Å². The van der Waals surface area contributed by atoms with Gasteiger partial charge in [-0.1, -0.05) is 23.7 Å². The molecule has 2 aromatic rings. The van der Waals surface area contributed by atoms with E-state index in [4.69, 9.17) is 26.8 Å². The van der Waals surface area contributed by atoms with Gasteiger partial charge in [-0.05, 0) is 36.8 Å². The van der Waals surface area contributed by atoms with Gasteiger partial charge in [0.05, 0.1) is 7.11 Å². The van der Waals surface area contributed by atoms with Crippen molar-refractivity contribution >= 4 is 11.6 Å². The van der Waals surface area contributed by atoms with Crippen LogP contribution < -0.4 is 15.2 Å². The molecule has 0 aliphatic heterocycles. The summed E-state index contributed by atoms with van der Waals surface area (Å²) >= 11 is 5.72. The predicted octanol–water partition coefficient (Wildman–Crippen LogP) is 4.09. The molecule has 5 heteroatoms. The van der Waals surface area contributed by atoms with Crippen LogP contribution in [0, 0.1) is 5.82 Å². The summed E-state index contributed by atoms with van der Waals surface area (Å²) < 4.78 is 24.6. The van der Waals surface area contributed by atoms with E-state index >= 15 is 0 Å². The van der Waals surface area contributed by atoms with Crippen LogP contribution in [0.4, 0.5) is 4.39 Å². The first-order valence-electron chi connectivity index (χ1n) is 6.51. The molecular formula is C16H17ClFNO2. The van der Waals surface area contributed by atoms with Gasteiger partial charge in [-0.2, -0.15) is 0 Å². The van der Waals surface area contributed by atoms with Crippen LogP contribution in [0.25, 0.3) is 0 Å². The van der Waals surface area contributed by atoms with Crippen LogP contribution >= 0.6 is 11.6 Å². The van der Waals surface area contributed by atoms with E-state index in [2.05, 4.69) is 0 Å². The summed E-state index contributed by atoms with van der Waals surface area (Å²) in [5.74, 6) is 0.712. The third-order valence-corrected chi connectivity index (χ3v) is 3.35. The minimum Gasteiger partial charge on any atom is -0.493 e. The maximum absolute atomic E-state index is 13.7.